The molecule has 2 unspecified atom stereocenters. The van der Waals surface area contributed by atoms with Crippen molar-refractivity contribution in [1.29, 1.82) is 0 Å². The number of rotatable bonds is 2. The molecule has 2 atom stereocenters. The number of hydrogen-bond donors (Lipinski definition) is 0. The first kappa shape index (κ1) is 15.1. The quantitative estimate of drug-likeness (QED) is 0.678. The number of halogens is 2. The topological polar surface area (TPSA) is 17.1 Å². The van der Waals surface area contributed by atoms with Gasteiger partial charge >= 0.3 is 141 Å². The van der Waals surface area contributed by atoms with Crippen LogP contribution in [0.3, 0.4) is 0 Å². The normalized spacial score (nSPS) is 22.3. The van der Waals surface area contributed by atoms with Crippen LogP contribution in [0.15, 0.2) is 48.5 Å². The van der Waals surface area contributed by atoms with Crippen molar-refractivity contribution in [2.24, 2.45) is 0 Å². The molecule has 0 aliphatic carbocycles. The Morgan fingerprint density at radius 2 is 1.14 bits per heavy atom. The van der Waals surface area contributed by atoms with Crippen molar-refractivity contribution in [3.63, 3.8) is 0 Å². The Bertz CT molecular complexity index is 581. The van der Waals surface area contributed by atoms with E-state index in [1.165, 1.54) is 11.1 Å². The molecule has 0 aromatic heterocycles. The third-order valence-electron chi connectivity index (χ3n) is 3.64. The second kappa shape index (κ2) is 6.54. The summed E-state index contributed by atoms with van der Waals surface area (Å²) in [5.74, 6) is 0.350. The summed E-state index contributed by atoms with van der Waals surface area (Å²) in [6.07, 6.45) is 1.32. The Labute approximate surface area is 140 Å². The Balaban J connectivity index is 1.82. The van der Waals surface area contributed by atoms with Gasteiger partial charge in [0.05, 0.1) is 0 Å². The predicted molar refractivity (Wildman–Crippen MR) is 88.4 cm³/mol. The first-order chi connectivity index (χ1) is 10.1. The van der Waals surface area contributed by atoms with Crippen LogP contribution in [0.4, 0.5) is 0 Å². The molecule has 2 aromatic carbocycles. The fourth-order valence-corrected chi connectivity index (χ4v) is 6.13. The molecule has 0 amide bonds. The minimum absolute atomic E-state index is 0.344. The van der Waals surface area contributed by atoms with Gasteiger partial charge in [-0.2, -0.15) is 0 Å². The molecule has 4 heteroatoms. The molecule has 1 fully saturated rings. The van der Waals surface area contributed by atoms with Crippen molar-refractivity contribution in [3.05, 3.63) is 69.7 Å². The van der Waals surface area contributed by atoms with Crippen LogP contribution < -0.4 is 0 Å². The number of carbonyl (C=O) groups is 1. The molecule has 0 spiro atoms. The van der Waals surface area contributed by atoms with Crippen LogP contribution in [0, 0.1) is 0 Å². The molecule has 108 valence electrons. The van der Waals surface area contributed by atoms with Gasteiger partial charge in [0.15, 0.2) is 0 Å². The average molecular weight is 384 g/mol. The molecule has 3 rings (SSSR count). The number of benzene rings is 2. The van der Waals surface area contributed by atoms with E-state index < -0.39 is 0 Å². The summed E-state index contributed by atoms with van der Waals surface area (Å²) < 4.78 is 0. The zero-order valence-corrected chi connectivity index (χ0v) is 14.5. The number of carbonyl (C=O) groups excluding carboxylic acids is 1. The molecule has 1 nitrogen and oxygen atoms in total. The maximum absolute atomic E-state index is 12.1. The van der Waals surface area contributed by atoms with E-state index in [-0.39, 0.29) is 0 Å². The van der Waals surface area contributed by atoms with Crippen molar-refractivity contribution in [2.75, 3.05) is 0 Å². The summed E-state index contributed by atoms with van der Waals surface area (Å²) >= 11 is 12.2. The summed E-state index contributed by atoms with van der Waals surface area (Å²) in [5, 5.41) is 1.48. The van der Waals surface area contributed by atoms with E-state index in [1.54, 1.807) is 0 Å². The Hall–Kier alpha value is -0.791. The molecule has 0 radical (unpaired) electrons. The van der Waals surface area contributed by atoms with Crippen LogP contribution >= 0.6 is 23.2 Å². The van der Waals surface area contributed by atoms with Crippen LogP contribution in [0.1, 0.15) is 33.6 Å². The summed E-state index contributed by atoms with van der Waals surface area (Å²) in [5.41, 5.74) is 2.46. The number of hydrogen-bond acceptors (Lipinski definition) is 1. The van der Waals surface area contributed by atoms with Crippen molar-refractivity contribution in [1.82, 2.24) is 0 Å². The van der Waals surface area contributed by atoms with Crippen LogP contribution in [0.5, 0.6) is 0 Å². The van der Waals surface area contributed by atoms with Crippen LogP contribution in [-0.4, -0.2) is 20.7 Å². The molecule has 21 heavy (non-hydrogen) atoms. The minimum atomic E-state index is 0.344. The first-order valence-corrected chi connectivity index (χ1v) is 9.53. The van der Waals surface area contributed by atoms with Gasteiger partial charge in [-0.05, 0) is 0 Å². The molecule has 0 bridgehead atoms. The zero-order chi connectivity index (χ0) is 14.8. The summed E-state index contributed by atoms with van der Waals surface area (Å²) in [6.45, 7) is 0. The summed E-state index contributed by atoms with van der Waals surface area (Å²) in [6, 6.07) is 15.8. The van der Waals surface area contributed by atoms with Crippen molar-refractivity contribution in [2.45, 2.75) is 22.5 Å². The van der Waals surface area contributed by atoms with Gasteiger partial charge in [-0.25, -0.2) is 0 Å². The standard InChI is InChI=1S/C17H14Cl2OSe/c18-13-5-1-11(2-6-13)16-9-15(20)10-17(21-16)12-3-7-14(19)8-4-12/h1-8,16-17H,9-10H2. The Kier molecular flexibility index (Phi) is 4.71. The van der Waals surface area contributed by atoms with Crippen molar-refractivity contribution < 1.29 is 4.79 Å². The molecule has 2 aromatic rings. The predicted octanol–water partition coefficient (Wildman–Crippen LogP) is 4.84. The zero-order valence-electron chi connectivity index (χ0n) is 11.3. The van der Waals surface area contributed by atoms with E-state index in [9.17, 15) is 4.79 Å². The van der Waals surface area contributed by atoms with Gasteiger partial charge in [-0.15, -0.1) is 0 Å². The molecule has 1 aliphatic rings. The van der Waals surface area contributed by atoms with Gasteiger partial charge in [-0.3, -0.25) is 0 Å². The Morgan fingerprint density at radius 3 is 1.52 bits per heavy atom. The van der Waals surface area contributed by atoms with Gasteiger partial charge in [0.25, 0.3) is 0 Å². The van der Waals surface area contributed by atoms with Gasteiger partial charge in [0.2, 0.25) is 0 Å². The molecular formula is C17H14Cl2OSe. The third kappa shape index (κ3) is 3.70. The van der Waals surface area contributed by atoms with Gasteiger partial charge in [0, 0.05) is 0 Å². The molecule has 0 saturated carbocycles. The fraction of sp³-hybridized carbons (Fsp3) is 0.235. The van der Waals surface area contributed by atoms with Crippen LogP contribution in [-0.2, 0) is 4.79 Å². The van der Waals surface area contributed by atoms with E-state index in [4.69, 9.17) is 23.2 Å². The number of Topliss-reactive ketones (excluding diaryl/α,β-unsaturated/α-hetero) is 1. The van der Waals surface area contributed by atoms with E-state index in [2.05, 4.69) is 0 Å². The molecule has 1 aliphatic heterocycles. The van der Waals surface area contributed by atoms with Crippen molar-refractivity contribution in [3.8, 4) is 0 Å². The molecular weight excluding hydrogens is 370 g/mol. The maximum atomic E-state index is 12.1. The van der Waals surface area contributed by atoms with Gasteiger partial charge < -0.3 is 0 Å². The van der Waals surface area contributed by atoms with Crippen molar-refractivity contribution >= 4 is 43.9 Å². The van der Waals surface area contributed by atoms with Crippen LogP contribution in [0.25, 0.3) is 0 Å². The SMILES string of the molecule is O=C1CC(c2ccc(Cl)cc2)[Se]C(c2ccc(Cl)cc2)C1. The first-order valence-electron chi connectivity index (χ1n) is 6.80. The average Bonchev–Trinajstić information content (AvgIpc) is 2.48. The summed E-state index contributed by atoms with van der Waals surface area (Å²) in [7, 11) is 0. The number of ketones is 1. The van der Waals surface area contributed by atoms with E-state index >= 15 is 0 Å². The molecule has 1 saturated heterocycles. The Morgan fingerprint density at radius 1 is 0.762 bits per heavy atom. The van der Waals surface area contributed by atoms with Gasteiger partial charge in [-0.1, -0.05) is 0 Å². The molecule has 0 N–H and O–H groups in total. The monoisotopic (exact) mass is 384 g/mol. The van der Waals surface area contributed by atoms with E-state index in [1.807, 2.05) is 48.5 Å². The third-order valence-corrected chi connectivity index (χ3v) is 7.36. The fourth-order valence-electron chi connectivity index (χ4n) is 2.54. The van der Waals surface area contributed by atoms with Crippen LogP contribution in [0.2, 0.25) is 10.0 Å². The summed E-state index contributed by atoms with van der Waals surface area (Å²) in [4.78, 5) is 12.8. The second-order valence-corrected chi connectivity index (χ2v) is 9.00. The molecule has 1 heterocycles. The van der Waals surface area contributed by atoms with E-state index in [0.29, 0.717) is 43.2 Å². The second-order valence-electron chi connectivity index (χ2n) is 5.16. The van der Waals surface area contributed by atoms with E-state index in [0.717, 1.165) is 10.0 Å². The van der Waals surface area contributed by atoms with Gasteiger partial charge in [0.1, 0.15) is 0 Å².